The van der Waals surface area contributed by atoms with E-state index in [-0.39, 0.29) is 0 Å². The molecule has 0 aromatic carbocycles. The first-order chi connectivity index (χ1) is 3.06. The van der Waals surface area contributed by atoms with Gasteiger partial charge in [0, 0.05) is 0 Å². The van der Waals surface area contributed by atoms with Crippen LogP contribution < -0.4 is 0 Å². The highest BCUT2D eigenvalue weighted by Gasteiger charge is 2.10. The highest BCUT2D eigenvalue weighted by Crippen LogP contribution is 2.27. The fourth-order valence-corrected chi connectivity index (χ4v) is 1.35. The van der Waals surface area contributed by atoms with E-state index in [1.54, 1.807) is 0 Å². The van der Waals surface area contributed by atoms with E-state index in [0.29, 0.717) is 0 Å². The summed E-state index contributed by atoms with van der Waals surface area (Å²) >= 11 is 16.0. The summed E-state index contributed by atoms with van der Waals surface area (Å²) in [6, 6.07) is 0. The molecule has 0 atom stereocenters. The average molecular weight is 172 g/mol. The van der Waals surface area contributed by atoms with E-state index in [9.17, 15) is 0 Å². The molecular formula is C3H8S4. The molecule has 7 heavy (non-hydrogen) atoms. The van der Waals surface area contributed by atoms with Gasteiger partial charge in [-0.25, -0.2) is 0 Å². The van der Waals surface area contributed by atoms with Crippen LogP contribution in [0.3, 0.4) is 0 Å². The van der Waals surface area contributed by atoms with Gasteiger partial charge in [0.15, 0.2) is 0 Å². The first kappa shape index (κ1) is 8.40. The van der Waals surface area contributed by atoms with E-state index in [0.717, 1.165) is 12.2 Å². The van der Waals surface area contributed by atoms with Crippen molar-refractivity contribution in [1.82, 2.24) is 0 Å². The molecule has 0 saturated carbocycles. The second-order valence-electron chi connectivity index (χ2n) is 1.25. The molecule has 0 N–H and O–H groups in total. The van der Waals surface area contributed by atoms with E-state index < -0.39 is 3.41 Å². The quantitative estimate of drug-likeness (QED) is 0.354. The first-order valence-corrected chi connectivity index (χ1v) is 3.81. The molecule has 0 heterocycles. The Morgan fingerprint density at radius 3 is 1.57 bits per heavy atom. The lowest BCUT2D eigenvalue weighted by atomic mass is 10.5. The fraction of sp³-hybridized carbons (Fsp3) is 1.00. The lowest BCUT2D eigenvalue weighted by Gasteiger charge is -2.11. The van der Waals surface area contributed by atoms with Crippen LogP contribution in [0.1, 0.15) is 6.42 Å². The smallest absolute Gasteiger partial charge is 0.0988 e. The lowest BCUT2D eigenvalue weighted by molar-refractivity contribution is 1.05. The van der Waals surface area contributed by atoms with Gasteiger partial charge in [-0.2, -0.15) is 50.5 Å². The molecule has 0 aromatic rings. The van der Waals surface area contributed by atoms with Gasteiger partial charge in [0.25, 0.3) is 0 Å². The number of thiol groups is 4. The predicted octanol–water partition coefficient (Wildman–Crippen LogP) is 1.75. The second kappa shape index (κ2) is 3.43. The van der Waals surface area contributed by atoms with Gasteiger partial charge in [-0.3, -0.25) is 0 Å². The molecule has 44 valence electrons. The van der Waals surface area contributed by atoms with Gasteiger partial charge < -0.3 is 0 Å². The van der Waals surface area contributed by atoms with Crippen LogP contribution >= 0.6 is 50.5 Å². The molecule has 0 nitrogen and oxygen atoms in total. The molecule has 0 aliphatic rings. The summed E-state index contributed by atoms with van der Waals surface area (Å²) in [6.45, 7) is 0. The highest BCUT2D eigenvalue weighted by atomic mass is 32.2. The van der Waals surface area contributed by atoms with Crippen LogP contribution in [0.2, 0.25) is 0 Å². The Morgan fingerprint density at radius 1 is 1.14 bits per heavy atom. The van der Waals surface area contributed by atoms with Gasteiger partial charge in [0.05, 0.1) is 3.41 Å². The summed E-state index contributed by atoms with van der Waals surface area (Å²) in [7, 11) is 0. The van der Waals surface area contributed by atoms with Crippen molar-refractivity contribution in [3.63, 3.8) is 0 Å². The molecule has 0 bridgehead atoms. The third kappa shape index (κ3) is 7.40. The van der Waals surface area contributed by atoms with Crippen LogP contribution in [0.15, 0.2) is 0 Å². The van der Waals surface area contributed by atoms with Gasteiger partial charge in [-0.05, 0) is 12.2 Å². The van der Waals surface area contributed by atoms with Crippen LogP contribution in [0.4, 0.5) is 0 Å². The van der Waals surface area contributed by atoms with E-state index in [4.69, 9.17) is 0 Å². The largest absolute Gasteiger partial charge is 0.179 e. The van der Waals surface area contributed by atoms with Crippen LogP contribution in [0.5, 0.6) is 0 Å². The monoisotopic (exact) mass is 172 g/mol. The normalized spacial score (nSPS) is 12.0. The molecule has 0 rings (SSSR count). The Labute approximate surface area is 66.1 Å². The molecule has 0 saturated heterocycles. The topological polar surface area (TPSA) is 0 Å². The number of rotatable bonds is 2. The molecule has 0 unspecified atom stereocenters. The molecular weight excluding hydrogens is 164 g/mol. The molecule has 0 fully saturated rings. The van der Waals surface area contributed by atoms with Crippen molar-refractivity contribution in [1.29, 1.82) is 0 Å². The summed E-state index contributed by atoms with van der Waals surface area (Å²) in [5.74, 6) is 0.774. The van der Waals surface area contributed by atoms with Gasteiger partial charge in [0.1, 0.15) is 0 Å². The standard InChI is InChI=1S/C3H8S4/c4-2-1-3(5,6)7/h4-7H,1-2H2. The minimum absolute atomic E-state index is 0.443. The third-order valence-corrected chi connectivity index (χ3v) is 1.34. The summed E-state index contributed by atoms with van der Waals surface area (Å²) in [4.78, 5) is 0. The Hall–Kier alpha value is 1.40. The Bertz CT molecular complexity index is 45.4. The summed E-state index contributed by atoms with van der Waals surface area (Å²) < 4.78 is -0.443. The summed E-state index contributed by atoms with van der Waals surface area (Å²) in [5.41, 5.74) is 0. The van der Waals surface area contributed by atoms with Gasteiger partial charge >= 0.3 is 0 Å². The number of hydrogen-bond donors (Lipinski definition) is 4. The van der Waals surface area contributed by atoms with E-state index in [2.05, 4.69) is 50.5 Å². The van der Waals surface area contributed by atoms with Crippen molar-refractivity contribution in [3.05, 3.63) is 0 Å². The zero-order chi connectivity index (χ0) is 5.91. The molecule has 0 amide bonds. The van der Waals surface area contributed by atoms with Crippen molar-refractivity contribution in [3.8, 4) is 0 Å². The maximum atomic E-state index is 4.01. The lowest BCUT2D eigenvalue weighted by Crippen LogP contribution is -2.01. The van der Waals surface area contributed by atoms with Crippen molar-refractivity contribution in [2.45, 2.75) is 9.83 Å². The minimum Gasteiger partial charge on any atom is -0.179 e. The van der Waals surface area contributed by atoms with E-state index in [1.807, 2.05) is 0 Å². The molecule has 4 heteroatoms. The number of hydrogen-bond acceptors (Lipinski definition) is 4. The second-order valence-corrected chi connectivity index (χ2v) is 5.04. The van der Waals surface area contributed by atoms with Crippen molar-refractivity contribution < 1.29 is 0 Å². The van der Waals surface area contributed by atoms with Crippen LogP contribution in [0.25, 0.3) is 0 Å². The zero-order valence-corrected chi connectivity index (χ0v) is 7.28. The Balaban J connectivity index is 3.15. The summed E-state index contributed by atoms with van der Waals surface area (Å²) in [5, 5.41) is 0. The first-order valence-electron chi connectivity index (χ1n) is 1.84. The molecule has 0 radical (unpaired) electrons. The van der Waals surface area contributed by atoms with Crippen LogP contribution in [-0.2, 0) is 0 Å². The Morgan fingerprint density at radius 2 is 1.57 bits per heavy atom. The maximum absolute atomic E-state index is 4.01. The third-order valence-electron chi connectivity index (χ3n) is 0.447. The molecule has 0 aliphatic heterocycles. The van der Waals surface area contributed by atoms with Crippen LogP contribution in [0, 0.1) is 0 Å². The SMILES string of the molecule is SCCC(S)(S)S. The van der Waals surface area contributed by atoms with Gasteiger partial charge in [-0.15, -0.1) is 0 Å². The molecule has 0 aromatic heterocycles. The Kier molecular flexibility index (Phi) is 4.12. The fourth-order valence-electron chi connectivity index (χ4n) is 0.150. The molecule has 0 spiro atoms. The summed E-state index contributed by atoms with van der Waals surface area (Å²) in [6.07, 6.45) is 0.797. The predicted molar refractivity (Wildman–Crippen MR) is 48.2 cm³/mol. The minimum atomic E-state index is -0.443. The van der Waals surface area contributed by atoms with Gasteiger partial charge in [0.2, 0.25) is 0 Å². The van der Waals surface area contributed by atoms with E-state index >= 15 is 0 Å². The zero-order valence-electron chi connectivity index (χ0n) is 3.70. The van der Waals surface area contributed by atoms with Crippen molar-refractivity contribution >= 4 is 50.5 Å². The highest BCUT2D eigenvalue weighted by molar-refractivity contribution is 8.17. The molecule has 0 aliphatic carbocycles. The van der Waals surface area contributed by atoms with Crippen LogP contribution in [-0.4, -0.2) is 9.16 Å². The maximum Gasteiger partial charge on any atom is 0.0988 e. The van der Waals surface area contributed by atoms with E-state index in [1.165, 1.54) is 0 Å². The van der Waals surface area contributed by atoms with Crippen molar-refractivity contribution in [2.24, 2.45) is 0 Å². The average Bonchev–Trinajstić information content (AvgIpc) is 1.30. The van der Waals surface area contributed by atoms with Gasteiger partial charge in [-0.1, -0.05) is 0 Å². The van der Waals surface area contributed by atoms with Crippen molar-refractivity contribution in [2.75, 3.05) is 5.75 Å².